The Bertz CT molecular complexity index is 899. The molecule has 0 aromatic heterocycles. The van der Waals surface area contributed by atoms with Crippen LogP contribution in [0.3, 0.4) is 0 Å². The maximum atomic E-state index is 11.9. The quantitative estimate of drug-likeness (QED) is 0.318. The maximum absolute atomic E-state index is 11.9. The van der Waals surface area contributed by atoms with Crippen LogP contribution in [0.25, 0.3) is 6.08 Å². The number of nitrogens with one attached hydrogen (secondary N) is 2. The molecule has 0 bridgehead atoms. The average Bonchev–Trinajstić information content (AvgIpc) is 2.70. The van der Waals surface area contributed by atoms with E-state index < -0.39 is 4.92 Å². The summed E-state index contributed by atoms with van der Waals surface area (Å²) >= 11 is 6.17. The Kier molecular flexibility index (Phi) is 6.33. The number of hydrogen-bond donors (Lipinski definition) is 2. The van der Waals surface area contributed by atoms with Crippen molar-refractivity contribution in [3.05, 3.63) is 63.2 Å². The SMILES string of the molecule is O=C(/C=C/c1cc(Cl)c2c(c1)OCCO2)NCCNc1ccc([N+](=O)[O-])cc1. The van der Waals surface area contributed by atoms with E-state index in [9.17, 15) is 14.9 Å². The van der Waals surface area contributed by atoms with E-state index in [1.165, 1.54) is 18.2 Å². The topological polar surface area (TPSA) is 103 Å². The van der Waals surface area contributed by atoms with Gasteiger partial charge in [0.25, 0.3) is 5.69 Å². The molecule has 2 aromatic rings. The molecule has 1 aliphatic heterocycles. The van der Waals surface area contributed by atoms with Gasteiger partial charge in [-0.15, -0.1) is 0 Å². The zero-order valence-corrected chi connectivity index (χ0v) is 15.6. The summed E-state index contributed by atoms with van der Waals surface area (Å²) in [6.45, 7) is 1.78. The number of non-ortho nitro benzene ring substituents is 1. The molecular formula is C19H18ClN3O5. The van der Waals surface area contributed by atoms with Crippen LogP contribution in [-0.2, 0) is 4.79 Å². The van der Waals surface area contributed by atoms with Gasteiger partial charge in [-0.2, -0.15) is 0 Å². The highest BCUT2D eigenvalue weighted by Gasteiger charge is 2.15. The largest absolute Gasteiger partial charge is 0.486 e. The second-order valence-corrected chi connectivity index (χ2v) is 6.29. The molecule has 0 fully saturated rings. The van der Waals surface area contributed by atoms with Crippen LogP contribution < -0.4 is 20.1 Å². The highest BCUT2D eigenvalue weighted by atomic mass is 35.5. The van der Waals surface area contributed by atoms with E-state index in [0.29, 0.717) is 42.8 Å². The van der Waals surface area contributed by atoms with Gasteiger partial charge in [0.2, 0.25) is 5.91 Å². The lowest BCUT2D eigenvalue weighted by molar-refractivity contribution is -0.384. The lowest BCUT2D eigenvalue weighted by Gasteiger charge is -2.19. The number of ether oxygens (including phenoxy) is 2. The summed E-state index contributed by atoms with van der Waals surface area (Å²) in [5.74, 6) is 0.828. The fourth-order valence-electron chi connectivity index (χ4n) is 2.55. The Labute approximate surface area is 166 Å². The van der Waals surface area contributed by atoms with Crippen molar-refractivity contribution in [3.8, 4) is 11.5 Å². The standard InChI is InChI=1S/C19H18ClN3O5/c20-16-11-13(12-17-19(16)28-10-9-27-17)1-6-18(24)22-8-7-21-14-2-4-15(5-3-14)23(25)26/h1-6,11-12,21H,7-10H2,(H,22,24)/b6-1+. The molecular weight excluding hydrogens is 386 g/mol. The van der Waals surface area contributed by atoms with Crippen LogP contribution >= 0.6 is 11.6 Å². The van der Waals surface area contributed by atoms with Gasteiger partial charge in [0.15, 0.2) is 11.5 Å². The number of halogens is 1. The number of amides is 1. The number of benzene rings is 2. The number of fused-ring (bicyclic) bond motifs is 1. The van der Waals surface area contributed by atoms with Crippen LogP contribution in [0.1, 0.15) is 5.56 Å². The first-order valence-electron chi connectivity index (χ1n) is 8.56. The number of rotatable bonds is 7. The highest BCUT2D eigenvalue weighted by Crippen LogP contribution is 2.38. The molecule has 28 heavy (non-hydrogen) atoms. The molecule has 0 saturated carbocycles. The van der Waals surface area contributed by atoms with Gasteiger partial charge in [0.05, 0.1) is 9.95 Å². The molecule has 0 atom stereocenters. The molecule has 0 aliphatic carbocycles. The first-order valence-corrected chi connectivity index (χ1v) is 8.94. The number of carbonyl (C=O) groups is 1. The number of hydrogen-bond acceptors (Lipinski definition) is 6. The van der Waals surface area contributed by atoms with Gasteiger partial charge in [-0.1, -0.05) is 11.6 Å². The maximum Gasteiger partial charge on any atom is 0.269 e. The van der Waals surface area contributed by atoms with Crippen molar-refractivity contribution < 1.29 is 19.2 Å². The van der Waals surface area contributed by atoms with Crippen molar-refractivity contribution >= 4 is 35.0 Å². The van der Waals surface area contributed by atoms with E-state index >= 15 is 0 Å². The molecule has 3 rings (SSSR count). The Morgan fingerprint density at radius 2 is 1.93 bits per heavy atom. The Balaban J connectivity index is 1.45. The molecule has 2 N–H and O–H groups in total. The number of carbonyl (C=O) groups excluding carboxylic acids is 1. The van der Waals surface area contributed by atoms with Gasteiger partial charge in [0, 0.05) is 37.0 Å². The number of anilines is 1. The van der Waals surface area contributed by atoms with Crippen molar-refractivity contribution in [2.24, 2.45) is 0 Å². The molecule has 1 heterocycles. The van der Waals surface area contributed by atoms with E-state index in [-0.39, 0.29) is 11.6 Å². The first kappa shape index (κ1) is 19.5. The van der Waals surface area contributed by atoms with Crippen molar-refractivity contribution in [1.29, 1.82) is 0 Å². The van der Waals surface area contributed by atoms with Gasteiger partial charge < -0.3 is 20.1 Å². The summed E-state index contributed by atoms with van der Waals surface area (Å²) in [7, 11) is 0. The molecule has 1 amide bonds. The summed E-state index contributed by atoms with van der Waals surface area (Å²) in [5.41, 5.74) is 1.50. The summed E-state index contributed by atoms with van der Waals surface area (Å²) in [6, 6.07) is 9.54. The highest BCUT2D eigenvalue weighted by molar-refractivity contribution is 6.32. The van der Waals surface area contributed by atoms with E-state index in [0.717, 1.165) is 11.3 Å². The molecule has 146 valence electrons. The molecule has 0 spiro atoms. The van der Waals surface area contributed by atoms with Crippen molar-refractivity contribution in [3.63, 3.8) is 0 Å². The molecule has 0 radical (unpaired) electrons. The smallest absolute Gasteiger partial charge is 0.269 e. The van der Waals surface area contributed by atoms with Crippen LogP contribution in [0.15, 0.2) is 42.5 Å². The van der Waals surface area contributed by atoms with Gasteiger partial charge in [0.1, 0.15) is 13.2 Å². The van der Waals surface area contributed by atoms with Crippen LogP contribution in [-0.4, -0.2) is 37.1 Å². The Hall–Kier alpha value is -3.26. The minimum absolute atomic E-state index is 0.0308. The lowest BCUT2D eigenvalue weighted by Crippen LogP contribution is -2.27. The zero-order chi connectivity index (χ0) is 19.9. The average molecular weight is 404 g/mol. The predicted octanol–water partition coefficient (Wildman–Crippen LogP) is 3.26. The Morgan fingerprint density at radius 3 is 2.68 bits per heavy atom. The van der Waals surface area contributed by atoms with Crippen molar-refractivity contribution in [1.82, 2.24) is 5.32 Å². The minimum atomic E-state index is -0.453. The van der Waals surface area contributed by atoms with E-state index in [4.69, 9.17) is 21.1 Å². The molecule has 2 aromatic carbocycles. The minimum Gasteiger partial charge on any atom is -0.486 e. The van der Waals surface area contributed by atoms with Crippen molar-refractivity contribution in [2.45, 2.75) is 0 Å². The van der Waals surface area contributed by atoms with Crippen LogP contribution in [0, 0.1) is 10.1 Å². The lowest BCUT2D eigenvalue weighted by atomic mass is 10.1. The van der Waals surface area contributed by atoms with Gasteiger partial charge in [-0.25, -0.2) is 0 Å². The number of nitro groups is 1. The van der Waals surface area contributed by atoms with Gasteiger partial charge in [-0.05, 0) is 35.9 Å². The summed E-state index contributed by atoms with van der Waals surface area (Å²) < 4.78 is 11.0. The normalized spacial score (nSPS) is 12.6. The number of nitro benzene ring substituents is 1. The van der Waals surface area contributed by atoms with E-state index in [1.54, 1.807) is 30.3 Å². The van der Waals surface area contributed by atoms with Crippen LogP contribution in [0.5, 0.6) is 11.5 Å². The summed E-state index contributed by atoms with van der Waals surface area (Å²) in [5, 5.41) is 16.9. The van der Waals surface area contributed by atoms with Crippen molar-refractivity contribution in [2.75, 3.05) is 31.6 Å². The summed E-state index contributed by atoms with van der Waals surface area (Å²) in [6.07, 6.45) is 3.05. The van der Waals surface area contributed by atoms with E-state index in [2.05, 4.69) is 10.6 Å². The van der Waals surface area contributed by atoms with Gasteiger partial charge >= 0.3 is 0 Å². The van der Waals surface area contributed by atoms with E-state index in [1.807, 2.05) is 0 Å². The monoisotopic (exact) mass is 403 g/mol. The fraction of sp³-hybridized carbons (Fsp3) is 0.211. The second-order valence-electron chi connectivity index (χ2n) is 5.88. The third-order valence-corrected chi connectivity index (χ3v) is 4.16. The second kappa shape index (κ2) is 9.09. The van der Waals surface area contributed by atoms with Crippen LogP contribution in [0.2, 0.25) is 5.02 Å². The number of nitrogens with zero attached hydrogens (tertiary/aromatic N) is 1. The fourth-order valence-corrected chi connectivity index (χ4v) is 2.83. The molecule has 8 nitrogen and oxygen atoms in total. The predicted molar refractivity (Wildman–Crippen MR) is 106 cm³/mol. The molecule has 0 unspecified atom stereocenters. The molecule has 0 saturated heterocycles. The third kappa shape index (κ3) is 5.14. The zero-order valence-electron chi connectivity index (χ0n) is 14.8. The molecule has 9 heteroatoms. The Morgan fingerprint density at radius 1 is 1.18 bits per heavy atom. The van der Waals surface area contributed by atoms with Gasteiger partial charge in [-0.3, -0.25) is 14.9 Å². The van der Waals surface area contributed by atoms with Crippen LogP contribution in [0.4, 0.5) is 11.4 Å². The molecule has 1 aliphatic rings. The first-order chi connectivity index (χ1) is 13.5. The third-order valence-electron chi connectivity index (χ3n) is 3.88. The summed E-state index contributed by atoms with van der Waals surface area (Å²) in [4.78, 5) is 22.1.